The minimum absolute atomic E-state index is 4.41. The minimum atomic E-state index is -7.94. The van der Waals surface area contributed by atoms with Crippen molar-refractivity contribution in [2.45, 2.75) is 35.4 Å². The summed E-state index contributed by atoms with van der Waals surface area (Å²) in [5.41, 5.74) is 0. The first kappa shape index (κ1) is 24.7. The van der Waals surface area contributed by atoms with Crippen LogP contribution in [0, 0.1) is 0 Å². The van der Waals surface area contributed by atoms with Gasteiger partial charge in [0.05, 0.1) is 0 Å². The van der Waals surface area contributed by atoms with Crippen LogP contribution < -0.4 is 0 Å². The molecule has 0 aliphatic rings. The monoisotopic (exact) mass is 444 g/mol. The highest BCUT2D eigenvalue weighted by molar-refractivity contribution is 7.87. The number of rotatable bonds is 6. The molecule has 0 aromatic heterocycles. The van der Waals surface area contributed by atoms with Gasteiger partial charge < -0.3 is 0 Å². The van der Waals surface area contributed by atoms with Gasteiger partial charge in [0, 0.05) is 0 Å². The summed E-state index contributed by atoms with van der Waals surface area (Å²) in [6.07, 6.45) is -12.5. The number of hydrogen-bond acceptors (Lipinski definition) is 2. The highest BCUT2D eigenvalue weighted by atomic mass is 32.2. The molecule has 0 fully saturated rings. The largest absolute Gasteiger partial charge is 0.445 e. The second kappa shape index (κ2) is 6.38. The van der Waals surface area contributed by atoms with Gasteiger partial charge in [0.25, 0.3) is 0 Å². The van der Waals surface area contributed by atoms with E-state index < -0.39 is 57.1 Å². The van der Waals surface area contributed by atoms with E-state index in [0.29, 0.717) is 0 Å². The highest BCUT2D eigenvalue weighted by Gasteiger charge is 2.86. The number of alkyl halides is 12. The van der Waals surface area contributed by atoms with Crippen molar-refractivity contribution in [2.75, 3.05) is 0 Å². The topological polar surface area (TPSA) is 54.4 Å². The molecule has 0 rings (SSSR count). The van der Waals surface area contributed by atoms with Crippen LogP contribution in [0.2, 0.25) is 0 Å². The predicted molar refractivity (Wildman–Crippen MR) is 51.5 cm³/mol. The molecule has 1 N–H and O–H groups in total. The maximum absolute atomic E-state index is 13.0. The predicted octanol–water partition coefficient (Wildman–Crippen LogP) is 4.42. The fourth-order valence-corrected chi connectivity index (χ4v) is 1.57. The molecule has 0 heterocycles. The van der Waals surface area contributed by atoms with Gasteiger partial charge >= 0.3 is 39.3 Å². The maximum Gasteiger partial charge on any atom is 0.445 e. The van der Waals surface area contributed by atoms with Gasteiger partial charge in [0.1, 0.15) is 0 Å². The van der Waals surface area contributed by atoms with Gasteiger partial charge in [-0.15, -0.1) is 0 Å². The van der Waals surface area contributed by atoms with Crippen LogP contribution in [-0.2, 0) is 10.1 Å². The lowest BCUT2D eigenvalue weighted by molar-refractivity contribution is -0.357. The van der Waals surface area contributed by atoms with E-state index in [2.05, 4.69) is 0 Å². The van der Waals surface area contributed by atoms with Crippen LogP contribution in [0.25, 0.3) is 0 Å². The van der Waals surface area contributed by atoms with E-state index in [1.807, 2.05) is 0 Å². The van der Waals surface area contributed by atoms with Crippen molar-refractivity contribution in [3.63, 3.8) is 0 Å². The SMILES string of the molecule is O=S(=O)(O)C(F)(F)C(F)(F)C(F)(F)C(F)(F)C(F)C(F)=C(F)C(F)(F)F. The van der Waals surface area contributed by atoms with Crippen LogP contribution in [0.5, 0.6) is 0 Å². The second-order valence-electron chi connectivity index (χ2n) is 4.29. The quantitative estimate of drug-likeness (QED) is 0.488. The summed E-state index contributed by atoms with van der Waals surface area (Å²) >= 11 is 0. The summed E-state index contributed by atoms with van der Waals surface area (Å²) in [6, 6.07) is 0. The fourth-order valence-electron chi connectivity index (χ4n) is 1.12. The van der Waals surface area contributed by atoms with Crippen LogP contribution in [0.3, 0.4) is 0 Å². The molecular weight excluding hydrogens is 442 g/mol. The first-order valence-corrected chi connectivity index (χ1v) is 6.66. The van der Waals surface area contributed by atoms with E-state index in [4.69, 9.17) is 4.55 Å². The maximum atomic E-state index is 13.0. The van der Waals surface area contributed by atoms with Crippen LogP contribution in [0.1, 0.15) is 0 Å². The van der Waals surface area contributed by atoms with Gasteiger partial charge in [-0.1, -0.05) is 0 Å². The zero-order chi connectivity index (χ0) is 21.7. The van der Waals surface area contributed by atoms with Gasteiger partial charge in [0.15, 0.2) is 5.83 Å². The number of halogens is 14. The summed E-state index contributed by atoms with van der Waals surface area (Å²) in [6.45, 7) is 0. The molecule has 0 spiro atoms. The van der Waals surface area contributed by atoms with Gasteiger partial charge in [-0.25, -0.2) is 8.78 Å². The Bertz CT molecular complexity index is 675. The molecule has 0 aliphatic carbocycles. The molecule has 0 aromatic rings. The molecule has 0 radical (unpaired) electrons. The Morgan fingerprint density at radius 3 is 1.38 bits per heavy atom. The van der Waals surface area contributed by atoms with E-state index in [1.54, 1.807) is 0 Å². The van der Waals surface area contributed by atoms with Crippen molar-refractivity contribution in [2.24, 2.45) is 0 Å². The smallest absolute Gasteiger partial charge is 0.281 e. The van der Waals surface area contributed by atoms with Crippen molar-refractivity contribution in [3.8, 4) is 0 Å². The zero-order valence-corrected chi connectivity index (χ0v) is 11.9. The number of allylic oxidation sites excluding steroid dienone is 2. The van der Waals surface area contributed by atoms with E-state index in [9.17, 15) is 69.9 Å². The third-order valence-corrected chi connectivity index (χ3v) is 3.41. The van der Waals surface area contributed by atoms with Gasteiger partial charge in [-0.3, -0.25) is 4.55 Å². The zero-order valence-electron chi connectivity index (χ0n) is 11.0. The Morgan fingerprint density at radius 2 is 1.12 bits per heavy atom. The van der Waals surface area contributed by atoms with Crippen molar-refractivity contribution in [1.29, 1.82) is 0 Å². The van der Waals surface area contributed by atoms with E-state index in [-0.39, 0.29) is 0 Å². The van der Waals surface area contributed by atoms with E-state index in [1.165, 1.54) is 0 Å². The van der Waals surface area contributed by atoms with Gasteiger partial charge in [-0.2, -0.15) is 61.1 Å². The Labute approximate surface area is 133 Å². The number of hydrogen-bond donors (Lipinski definition) is 1. The lowest BCUT2D eigenvalue weighted by atomic mass is 9.99. The summed E-state index contributed by atoms with van der Waals surface area (Å²) in [7, 11) is -7.57. The minimum Gasteiger partial charge on any atom is -0.281 e. The standard InChI is InChI=1S/C8H2F14O3S/c9-1(3(11)5(14,15)16)2(10)4(12,13)6(17,18)7(19,20)8(21,22)26(23,24)25/h2H,(H,23,24,25). The van der Waals surface area contributed by atoms with Crippen molar-refractivity contribution in [3.05, 3.63) is 11.7 Å². The normalized spacial score (nSPS) is 17.8. The second-order valence-corrected chi connectivity index (χ2v) is 5.75. The average molecular weight is 444 g/mol. The molecule has 0 saturated carbocycles. The highest BCUT2D eigenvalue weighted by Crippen LogP contribution is 2.56. The van der Waals surface area contributed by atoms with Gasteiger partial charge in [-0.05, 0) is 0 Å². The summed E-state index contributed by atoms with van der Waals surface area (Å²) in [5.74, 6) is -32.2. The Kier molecular flexibility index (Phi) is 6.05. The molecule has 1 unspecified atom stereocenters. The van der Waals surface area contributed by atoms with Crippen LogP contribution in [-0.4, -0.2) is 48.3 Å². The Morgan fingerprint density at radius 1 is 0.769 bits per heavy atom. The van der Waals surface area contributed by atoms with E-state index >= 15 is 0 Å². The lowest BCUT2D eigenvalue weighted by Crippen LogP contribution is -2.66. The molecule has 0 bridgehead atoms. The third kappa shape index (κ3) is 3.56. The molecule has 0 aliphatic heterocycles. The molecule has 0 saturated heterocycles. The van der Waals surface area contributed by atoms with Crippen molar-refractivity contribution in [1.82, 2.24) is 0 Å². The molecule has 1 atom stereocenters. The first-order valence-electron chi connectivity index (χ1n) is 5.22. The molecule has 0 aromatic carbocycles. The average Bonchev–Trinajstić information content (AvgIpc) is 2.41. The van der Waals surface area contributed by atoms with Crippen molar-refractivity contribution < 1.29 is 74.4 Å². The molecule has 26 heavy (non-hydrogen) atoms. The summed E-state index contributed by atoms with van der Waals surface area (Å²) in [4.78, 5) is 0. The molecule has 18 heteroatoms. The van der Waals surface area contributed by atoms with Crippen LogP contribution in [0.4, 0.5) is 61.5 Å². The molecule has 0 amide bonds. The Hall–Kier alpha value is -1.33. The molecule has 3 nitrogen and oxygen atoms in total. The van der Waals surface area contributed by atoms with Crippen molar-refractivity contribution >= 4 is 10.1 Å². The van der Waals surface area contributed by atoms with E-state index in [0.717, 1.165) is 0 Å². The van der Waals surface area contributed by atoms with Crippen LogP contribution in [0.15, 0.2) is 11.7 Å². The van der Waals surface area contributed by atoms with Crippen LogP contribution >= 0.6 is 0 Å². The molecule has 156 valence electrons. The van der Waals surface area contributed by atoms with Gasteiger partial charge in [0.2, 0.25) is 12.0 Å². The first-order chi connectivity index (χ1) is 11.0. The fraction of sp³-hybridized carbons (Fsp3) is 0.750. The summed E-state index contributed by atoms with van der Waals surface area (Å²) < 4.78 is 204. The lowest BCUT2D eigenvalue weighted by Gasteiger charge is -2.36. The molecular formula is C8H2F14O3S. The Balaban J connectivity index is 6.45. The summed E-state index contributed by atoms with van der Waals surface area (Å²) in [5, 5.41) is -7.44. The third-order valence-electron chi connectivity index (χ3n) is 2.50.